The molecule has 0 radical (unpaired) electrons. The van der Waals surface area contributed by atoms with Gasteiger partial charge in [-0.3, -0.25) is 9.36 Å². The van der Waals surface area contributed by atoms with Gasteiger partial charge in [0, 0.05) is 24.0 Å². The highest BCUT2D eigenvalue weighted by Gasteiger charge is 2.06. The van der Waals surface area contributed by atoms with Gasteiger partial charge in [0.2, 0.25) is 5.88 Å². The fourth-order valence-corrected chi connectivity index (χ4v) is 1.11. The van der Waals surface area contributed by atoms with Gasteiger partial charge in [0.25, 0.3) is 0 Å². The fraction of sp³-hybridized carbons (Fsp3) is 0.111. The van der Waals surface area contributed by atoms with Gasteiger partial charge in [0.1, 0.15) is 6.33 Å². The molecule has 0 unspecified atom stereocenters. The molecule has 66 valence electrons. The lowest BCUT2D eigenvalue weighted by molar-refractivity contribution is 0.109. The van der Waals surface area contributed by atoms with Crippen LogP contribution in [0.4, 0.5) is 0 Å². The molecule has 2 aromatic rings. The number of aldehydes is 1. The third kappa shape index (κ3) is 1.26. The molecule has 0 aliphatic rings. The summed E-state index contributed by atoms with van der Waals surface area (Å²) in [5.74, 6) is 0.973. The predicted octanol–water partition coefficient (Wildman–Crippen LogP) is 1.59. The molecule has 0 aliphatic carbocycles. The number of nitrogens with zero attached hydrogens (tertiary/aromatic N) is 2. The number of hydrogen-bond donors (Lipinski definition) is 0. The van der Waals surface area contributed by atoms with Crippen LogP contribution in [0.5, 0.6) is 0 Å². The highest BCUT2D eigenvalue weighted by atomic mass is 16.4. The number of imidazole rings is 1. The van der Waals surface area contributed by atoms with Crippen LogP contribution in [0.1, 0.15) is 16.1 Å². The average molecular weight is 176 g/mol. The summed E-state index contributed by atoms with van der Waals surface area (Å²) in [6.45, 7) is 1.83. The summed E-state index contributed by atoms with van der Waals surface area (Å²) < 4.78 is 6.97. The Bertz CT molecular complexity index is 415. The number of rotatable bonds is 2. The van der Waals surface area contributed by atoms with Crippen molar-refractivity contribution in [3.63, 3.8) is 0 Å². The maximum Gasteiger partial charge on any atom is 0.205 e. The molecule has 0 aromatic carbocycles. The zero-order valence-electron chi connectivity index (χ0n) is 7.10. The van der Waals surface area contributed by atoms with Crippen LogP contribution in [0.2, 0.25) is 0 Å². The molecule has 2 rings (SSSR count). The zero-order chi connectivity index (χ0) is 9.26. The topological polar surface area (TPSA) is 48.0 Å². The highest BCUT2D eigenvalue weighted by Crippen LogP contribution is 2.15. The second-order valence-corrected chi connectivity index (χ2v) is 2.72. The van der Waals surface area contributed by atoms with E-state index in [9.17, 15) is 4.79 Å². The van der Waals surface area contributed by atoms with Crippen molar-refractivity contribution in [2.75, 3.05) is 0 Å². The number of carbonyl (C=O) groups is 1. The van der Waals surface area contributed by atoms with Crippen LogP contribution in [-0.2, 0) is 0 Å². The van der Waals surface area contributed by atoms with Crippen molar-refractivity contribution in [3.05, 3.63) is 36.1 Å². The Morgan fingerprint density at radius 1 is 1.62 bits per heavy atom. The first kappa shape index (κ1) is 7.79. The number of furan rings is 1. The Labute approximate surface area is 74.8 Å². The highest BCUT2D eigenvalue weighted by molar-refractivity contribution is 5.73. The fourth-order valence-electron chi connectivity index (χ4n) is 1.11. The standard InChI is InChI=1S/C9H8N2O2/c1-7-4-9(13-8(7)5-12)11-3-2-10-6-11/h2-6H,1H3. The van der Waals surface area contributed by atoms with E-state index in [1.54, 1.807) is 29.4 Å². The molecule has 0 bridgehead atoms. The van der Waals surface area contributed by atoms with Crippen molar-refractivity contribution in [2.24, 2.45) is 0 Å². The van der Waals surface area contributed by atoms with Gasteiger partial charge in [-0.1, -0.05) is 0 Å². The summed E-state index contributed by atoms with van der Waals surface area (Å²) in [6, 6.07) is 1.80. The SMILES string of the molecule is Cc1cc(-n2ccnc2)oc1C=O. The lowest BCUT2D eigenvalue weighted by Crippen LogP contribution is -1.85. The van der Waals surface area contributed by atoms with E-state index in [1.807, 2.05) is 6.92 Å². The van der Waals surface area contributed by atoms with E-state index in [2.05, 4.69) is 4.98 Å². The smallest absolute Gasteiger partial charge is 0.205 e. The molecule has 0 saturated heterocycles. The minimum Gasteiger partial charge on any atom is -0.437 e. The summed E-state index contributed by atoms with van der Waals surface area (Å²) in [7, 11) is 0. The summed E-state index contributed by atoms with van der Waals surface area (Å²) >= 11 is 0. The van der Waals surface area contributed by atoms with Crippen LogP contribution in [0.3, 0.4) is 0 Å². The van der Waals surface area contributed by atoms with Crippen molar-refractivity contribution >= 4 is 6.29 Å². The number of carbonyl (C=O) groups excluding carboxylic acids is 1. The maximum absolute atomic E-state index is 10.5. The van der Waals surface area contributed by atoms with Crippen molar-refractivity contribution in [3.8, 4) is 5.88 Å². The van der Waals surface area contributed by atoms with Crippen LogP contribution < -0.4 is 0 Å². The first-order valence-electron chi connectivity index (χ1n) is 3.85. The van der Waals surface area contributed by atoms with Gasteiger partial charge in [-0.15, -0.1) is 0 Å². The normalized spacial score (nSPS) is 10.2. The van der Waals surface area contributed by atoms with Gasteiger partial charge in [-0.2, -0.15) is 0 Å². The van der Waals surface area contributed by atoms with Gasteiger partial charge in [-0.05, 0) is 6.92 Å². The van der Waals surface area contributed by atoms with Crippen molar-refractivity contribution in [1.82, 2.24) is 9.55 Å². The van der Waals surface area contributed by atoms with Gasteiger partial charge in [-0.25, -0.2) is 4.98 Å². The van der Waals surface area contributed by atoms with E-state index in [0.717, 1.165) is 5.56 Å². The minimum absolute atomic E-state index is 0.365. The molecule has 13 heavy (non-hydrogen) atoms. The Balaban J connectivity index is 2.48. The summed E-state index contributed by atoms with van der Waals surface area (Å²) in [4.78, 5) is 14.4. The molecular weight excluding hydrogens is 168 g/mol. The Morgan fingerprint density at radius 2 is 2.46 bits per heavy atom. The van der Waals surface area contributed by atoms with Crippen LogP contribution in [0.15, 0.2) is 29.2 Å². The van der Waals surface area contributed by atoms with E-state index in [-0.39, 0.29) is 0 Å². The number of hydrogen-bond acceptors (Lipinski definition) is 3. The summed E-state index contributed by atoms with van der Waals surface area (Å²) in [5, 5.41) is 0. The Kier molecular flexibility index (Phi) is 1.73. The molecule has 0 aliphatic heterocycles. The van der Waals surface area contributed by atoms with Gasteiger partial charge >= 0.3 is 0 Å². The maximum atomic E-state index is 10.5. The minimum atomic E-state index is 0.365. The Morgan fingerprint density at radius 3 is 3.00 bits per heavy atom. The summed E-state index contributed by atoms with van der Waals surface area (Å²) in [6.07, 6.45) is 5.73. The second kappa shape index (κ2) is 2.90. The third-order valence-electron chi connectivity index (χ3n) is 1.81. The average Bonchev–Trinajstić information content (AvgIpc) is 2.71. The molecule has 0 amide bonds. The van der Waals surface area contributed by atoms with E-state index in [1.165, 1.54) is 0 Å². The van der Waals surface area contributed by atoms with Gasteiger partial charge < -0.3 is 4.42 Å². The molecule has 0 saturated carbocycles. The zero-order valence-corrected chi connectivity index (χ0v) is 7.10. The molecule has 0 atom stereocenters. The molecule has 2 aromatic heterocycles. The summed E-state index contributed by atoms with van der Waals surface area (Å²) in [5.41, 5.74) is 0.832. The van der Waals surface area contributed by atoms with E-state index in [4.69, 9.17) is 4.42 Å². The van der Waals surface area contributed by atoms with Crippen molar-refractivity contribution in [2.45, 2.75) is 6.92 Å². The molecule has 4 nitrogen and oxygen atoms in total. The molecular formula is C9H8N2O2. The van der Waals surface area contributed by atoms with Gasteiger partial charge in [0.05, 0.1) is 0 Å². The number of aryl methyl sites for hydroxylation is 1. The molecule has 4 heteroatoms. The van der Waals surface area contributed by atoms with E-state index < -0.39 is 0 Å². The molecule has 0 fully saturated rings. The molecule has 2 heterocycles. The lowest BCUT2D eigenvalue weighted by atomic mass is 10.3. The predicted molar refractivity (Wildman–Crippen MR) is 46.0 cm³/mol. The van der Waals surface area contributed by atoms with Crippen LogP contribution in [-0.4, -0.2) is 15.8 Å². The van der Waals surface area contributed by atoms with E-state index >= 15 is 0 Å². The molecule has 0 N–H and O–H groups in total. The van der Waals surface area contributed by atoms with Gasteiger partial charge in [0.15, 0.2) is 12.0 Å². The largest absolute Gasteiger partial charge is 0.437 e. The van der Waals surface area contributed by atoms with Crippen LogP contribution in [0.25, 0.3) is 5.88 Å². The van der Waals surface area contributed by atoms with Crippen molar-refractivity contribution in [1.29, 1.82) is 0 Å². The van der Waals surface area contributed by atoms with Crippen LogP contribution in [0, 0.1) is 6.92 Å². The lowest BCUT2D eigenvalue weighted by Gasteiger charge is -1.92. The third-order valence-corrected chi connectivity index (χ3v) is 1.81. The quantitative estimate of drug-likeness (QED) is 0.653. The second-order valence-electron chi connectivity index (χ2n) is 2.72. The Hall–Kier alpha value is -1.84. The monoisotopic (exact) mass is 176 g/mol. The van der Waals surface area contributed by atoms with E-state index in [0.29, 0.717) is 17.9 Å². The van der Waals surface area contributed by atoms with Crippen molar-refractivity contribution < 1.29 is 9.21 Å². The van der Waals surface area contributed by atoms with Crippen LogP contribution >= 0.6 is 0 Å². The molecule has 0 spiro atoms. The first-order valence-corrected chi connectivity index (χ1v) is 3.85. The first-order chi connectivity index (χ1) is 6.31. The number of aromatic nitrogens is 2.